The second-order valence-corrected chi connectivity index (χ2v) is 7.62. The van der Waals surface area contributed by atoms with Gasteiger partial charge in [0.2, 0.25) is 0 Å². The minimum absolute atomic E-state index is 0.0688. The molecule has 0 unspecified atom stereocenters. The minimum Gasteiger partial charge on any atom is -0.497 e. The predicted molar refractivity (Wildman–Crippen MR) is 83.6 cm³/mol. The van der Waals surface area contributed by atoms with E-state index < -0.39 is 0 Å². The molecule has 0 radical (unpaired) electrons. The third-order valence-corrected chi connectivity index (χ3v) is 6.88. The summed E-state index contributed by atoms with van der Waals surface area (Å²) in [6, 6.07) is 6.67. The highest BCUT2D eigenvalue weighted by atomic mass is 16.5. The summed E-state index contributed by atoms with van der Waals surface area (Å²) >= 11 is 0. The van der Waals surface area contributed by atoms with Gasteiger partial charge in [0.1, 0.15) is 5.75 Å². The maximum Gasteiger partial charge on any atom is 0.119 e. The van der Waals surface area contributed by atoms with E-state index >= 15 is 0 Å². The summed E-state index contributed by atoms with van der Waals surface area (Å²) in [5.41, 5.74) is 3.25. The van der Waals surface area contributed by atoms with Crippen molar-refractivity contribution in [2.75, 3.05) is 7.11 Å². The lowest BCUT2D eigenvalue weighted by Gasteiger charge is -2.50. The number of aliphatic hydroxyl groups is 1. The number of aliphatic hydroxyl groups excluding tert-OH is 1. The van der Waals surface area contributed by atoms with Crippen LogP contribution in [-0.2, 0) is 6.42 Å². The van der Waals surface area contributed by atoms with E-state index in [9.17, 15) is 5.11 Å². The molecule has 1 aromatic rings. The molecule has 0 aliphatic heterocycles. The molecule has 3 aliphatic carbocycles. The smallest absolute Gasteiger partial charge is 0.119 e. The van der Waals surface area contributed by atoms with Crippen molar-refractivity contribution < 1.29 is 9.84 Å². The van der Waals surface area contributed by atoms with Crippen molar-refractivity contribution in [3.05, 3.63) is 29.3 Å². The first-order valence-corrected chi connectivity index (χ1v) is 8.48. The predicted octanol–water partition coefficient (Wildman–Crippen LogP) is 3.91. The molecule has 0 heterocycles. The highest BCUT2D eigenvalue weighted by Gasteiger charge is 2.54. The molecule has 4 rings (SSSR count). The zero-order valence-electron chi connectivity index (χ0n) is 13.1. The van der Waals surface area contributed by atoms with Gasteiger partial charge in [0.25, 0.3) is 0 Å². The maximum atomic E-state index is 10.4. The number of methoxy groups -OCH3 is 1. The lowest BCUT2D eigenvalue weighted by Crippen LogP contribution is -2.43. The molecule has 0 spiro atoms. The number of hydrogen-bond acceptors (Lipinski definition) is 2. The van der Waals surface area contributed by atoms with E-state index in [1.165, 1.54) is 37.7 Å². The fourth-order valence-corrected chi connectivity index (χ4v) is 5.66. The molecule has 0 amide bonds. The van der Waals surface area contributed by atoms with Crippen molar-refractivity contribution in [2.24, 2.45) is 17.3 Å². The van der Waals surface area contributed by atoms with Gasteiger partial charge in [0.15, 0.2) is 0 Å². The zero-order chi connectivity index (χ0) is 14.6. The Balaban J connectivity index is 1.68. The highest BCUT2D eigenvalue weighted by Crippen LogP contribution is 2.60. The minimum atomic E-state index is -0.0688. The van der Waals surface area contributed by atoms with Crippen LogP contribution in [0.2, 0.25) is 0 Å². The molecule has 2 saturated carbocycles. The van der Waals surface area contributed by atoms with Crippen LogP contribution in [0.3, 0.4) is 0 Å². The molecule has 5 atom stereocenters. The average molecular weight is 286 g/mol. The van der Waals surface area contributed by atoms with Gasteiger partial charge in [-0.3, -0.25) is 0 Å². The SMILES string of the molecule is COc1ccc2c(c1)CC[C@@H]1[C@@H]2CC[C@@]2(C)[C@@H](O)CC[C@@H]12. The molecule has 0 bridgehead atoms. The lowest BCUT2D eigenvalue weighted by molar-refractivity contribution is -0.0226. The molecule has 2 heteroatoms. The lowest BCUT2D eigenvalue weighted by atomic mass is 9.55. The Morgan fingerprint density at radius 2 is 2.05 bits per heavy atom. The van der Waals surface area contributed by atoms with Gasteiger partial charge in [-0.15, -0.1) is 0 Å². The van der Waals surface area contributed by atoms with Gasteiger partial charge < -0.3 is 9.84 Å². The summed E-state index contributed by atoms with van der Waals surface area (Å²) in [6.45, 7) is 2.34. The number of hydrogen-bond donors (Lipinski definition) is 1. The second-order valence-electron chi connectivity index (χ2n) is 7.62. The highest BCUT2D eigenvalue weighted by molar-refractivity contribution is 5.40. The standard InChI is InChI=1S/C19H26O2/c1-19-10-9-15-14-6-4-13(21-2)11-12(14)3-5-16(15)17(19)7-8-18(19)20/h4,6,11,15-18,20H,3,5,7-10H2,1-2H3/t15-,16-,17+,18+,19-/m1/s1. The first-order chi connectivity index (χ1) is 10.1. The molecular formula is C19H26O2. The van der Waals surface area contributed by atoms with Gasteiger partial charge in [-0.05, 0) is 85.0 Å². The summed E-state index contributed by atoms with van der Waals surface area (Å²) in [5.74, 6) is 3.20. The van der Waals surface area contributed by atoms with Gasteiger partial charge >= 0.3 is 0 Å². The third kappa shape index (κ3) is 1.88. The van der Waals surface area contributed by atoms with Crippen molar-refractivity contribution >= 4 is 0 Å². The van der Waals surface area contributed by atoms with Gasteiger partial charge in [-0.25, -0.2) is 0 Å². The Morgan fingerprint density at radius 3 is 2.86 bits per heavy atom. The fourth-order valence-electron chi connectivity index (χ4n) is 5.66. The van der Waals surface area contributed by atoms with Crippen molar-refractivity contribution in [3.63, 3.8) is 0 Å². The molecule has 21 heavy (non-hydrogen) atoms. The largest absolute Gasteiger partial charge is 0.497 e. The molecule has 3 aliphatic rings. The Kier molecular flexibility index (Phi) is 3.08. The zero-order valence-corrected chi connectivity index (χ0v) is 13.1. The Morgan fingerprint density at radius 1 is 1.19 bits per heavy atom. The van der Waals surface area contributed by atoms with E-state index in [1.54, 1.807) is 12.7 Å². The quantitative estimate of drug-likeness (QED) is 0.848. The Hall–Kier alpha value is -1.02. The van der Waals surface area contributed by atoms with Crippen LogP contribution in [0.5, 0.6) is 5.75 Å². The first-order valence-electron chi connectivity index (χ1n) is 8.48. The van der Waals surface area contributed by atoms with Crippen molar-refractivity contribution in [1.29, 1.82) is 0 Å². The van der Waals surface area contributed by atoms with Gasteiger partial charge in [0, 0.05) is 0 Å². The van der Waals surface area contributed by atoms with Gasteiger partial charge in [0.05, 0.1) is 13.2 Å². The number of rotatable bonds is 1. The molecule has 114 valence electrons. The average Bonchev–Trinajstić information content (AvgIpc) is 2.82. The summed E-state index contributed by atoms with van der Waals surface area (Å²) in [7, 11) is 1.75. The van der Waals surface area contributed by atoms with E-state index in [-0.39, 0.29) is 11.5 Å². The number of fused-ring (bicyclic) bond motifs is 5. The molecule has 0 saturated heterocycles. The second kappa shape index (κ2) is 4.74. The molecule has 2 fully saturated rings. The van der Waals surface area contributed by atoms with Crippen LogP contribution >= 0.6 is 0 Å². The van der Waals surface area contributed by atoms with Crippen molar-refractivity contribution in [1.82, 2.24) is 0 Å². The fraction of sp³-hybridized carbons (Fsp3) is 0.684. The van der Waals surface area contributed by atoms with E-state index in [4.69, 9.17) is 4.74 Å². The molecule has 1 N–H and O–H groups in total. The van der Waals surface area contributed by atoms with Crippen LogP contribution in [0.1, 0.15) is 56.1 Å². The molecule has 1 aromatic carbocycles. The van der Waals surface area contributed by atoms with Crippen molar-refractivity contribution in [3.8, 4) is 5.75 Å². The van der Waals surface area contributed by atoms with Crippen molar-refractivity contribution in [2.45, 2.75) is 57.5 Å². The number of aryl methyl sites for hydroxylation is 1. The van der Waals surface area contributed by atoms with Gasteiger partial charge in [-0.1, -0.05) is 13.0 Å². The van der Waals surface area contributed by atoms with Crippen LogP contribution in [0.4, 0.5) is 0 Å². The maximum absolute atomic E-state index is 10.4. The van der Waals surface area contributed by atoms with E-state index in [2.05, 4.69) is 25.1 Å². The summed E-state index contributed by atoms with van der Waals surface area (Å²) < 4.78 is 5.38. The van der Waals surface area contributed by atoms with E-state index in [0.29, 0.717) is 5.92 Å². The Bertz CT molecular complexity index is 552. The third-order valence-electron chi connectivity index (χ3n) is 6.88. The summed E-state index contributed by atoms with van der Waals surface area (Å²) in [4.78, 5) is 0. The number of ether oxygens (including phenoxy) is 1. The first kappa shape index (κ1) is 13.6. The topological polar surface area (TPSA) is 29.5 Å². The van der Waals surface area contributed by atoms with Gasteiger partial charge in [-0.2, -0.15) is 0 Å². The molecular weight excluding hydrogens is 260 g/mol. The Labute approximate surface area is 127 Å². The van der Waals surface area contributed by atoms with Crippen LogP contribution in [0.25, 0.3) is 0 Å². The summed E-state index contributed by atoms with van der Waals surface area (Å²) in [6.07, 6.45) is 7.07. The molecule has 0 aromatic heterocycles. The monoisotopic (exact) mass is 286 g/mol. The van der Waals surface area contributed by atoms with E-state index in [0.717, 1.165) is 24.0 Å². The summed E-state index contributed by atoms with van der Waals surface area (Å²) in [5, 5.41) is 10.4. The van der Waals surface area contributed by atoms with Crippen LogP contribution in [0.15, 0.2) is 18.2 Å². The normalized spacial score (nSPS) is 41.1. The van der Waals surface area contributed by atoms with Crippen LogP contribution in [0, 0.1) is 17.3 Å². The molecule has 2 nitrogen and oxygen atoms in total. The van der Waals surface area contributed by atoms with Crippen LogP contribution < -0.4 is 4.74 Å². The van der Waals surface area contributed by atoms with Crippen LogP contribution in [-0.4, -0.2) is 18.3 Å². The number of benzene rings is 1. The van der Waals surface area contributed by atoms with E-state index in [1.807, 2.05) is 0 Å².